The van der Waals surface area contributed by atoms with Crippen LogP contribution in [0.4, 0.5) is 15.3 Å². The Hall–Kier alpha value is -8.96. The van der Waals surface area contributed by atoms with Gasteiger partial charge in [-0.2, -0.15) is 0 Å². The molecule has 0 bridgehead atoms. The number of carboxylic acid groups (broad SMARTS) is 1. The summed E-state index contributed by atoms with van der Waals surface area (Å²) < 4.78 is 23.3. The molecule has 13 N–H and O–H groups in total. The summed E-state index contributed by atoms with van der Waals surface area (Å²) in [6, 6.07) is 10.6. The highest BCUT2D eigenvalue weighted by Crippen LogP contribution is 2.34. The average Bonchev–Trinajstić information content (AvgIpc) is 1.74. The summed E-state index contributed by atoms with van der Waals surface area (Å²) in [4.78, 5) is 204. The number of aliphatic hydroxyl groups is 1. The van der Waals surface area contributed by atoms with E-state index in [9.17, 15) is 82.1 Å². The third-order valence-electron chi connectivity index (χ3n) is 21.4. The number of thioether (sulfide) groups is 1. The number of nitrogens with zero attached hydrogens (tertiary/aromatic N) is 3. The van der Waals surface area contributed by atoms with Gasteiger partial charge in [0.25, 0.3) is 0 Å². The van der Waals surface area contributed by atoms with Crippen molar-refractivity contribution >= 4 is 106 Å². The van der Waals surface area contributed by atoms with E-state index < -0.39 is 143 Å². The van der Waals surface area contributed by atoms with Crippen LogP contribution in [0.1, 0.15) is 190 Å². The Bertz CT molecular complexity index is 3570. The highest BCUT2D eigenvalue weighted by molar-refractivity contribution is 8.00. The summed E-state index contributed by atoms with van der Waals surface area (Å²) in [5, 5.41) is 37.8. The molecule has 6 unspecified atom stereocenters. The number of Topliss-reactive ketones (excluding diaryl/α,β-unsaturated/α-hetero) is 4. The van der Waals surface area contributed by atoms with E-state index in [4.69, 9.17) is 30.4 Å². The van der Waals surface area contributed by atoms with E-state index in [2.05, 4.69) is 37.2 Å². The minimum Gasteiger partial charge on any atom is -0.481 e. The first-order valence-electron chi connectivity index (χ1n) is 41.1. The maximum absolute atomic E-state index is 15.0. The van der Waals surface area contributed by atoms with Gasteiger partial charge in [-0.1, -0.05) is 125 Å². The molecule has 1 aliphatic heterocycles. The molecule has 3 rings (SSSR count). The molecule has 0 aliphatic carbocycles. The number of aliphatic hydroxyl groups excluding tert-OH is 1. The van der Waals surface area contributed by atoms with Gasteiger partial charge in [0, 0.05) is 116 Å². The number of amides is 11. The minimum absolute atomic E-state index is 0.00471. The first-order valence-corrected chi connectivity index (χ1v) is 42.1. The molecule has 0 radical (unpaired) electrons. The maximum atomic E-state index is 15.0. The van der Waals surface area contributed by atoms with Crippen molar-refractivity contribution in [1.82, 2.24) is 46.6 Å². The molecule has 2 aromatic carbocycles. The molecule has 0 saturated carbocycles. The zero-order valence-electron chi connectivity index (χ0n) is 71.7. The predicted octanol–water partition coefficient (Wildman–Crippen LogP) is 5.79. The number of likely N-dealkylation sites (N-methyl/N-ethyl adjacent to an activating group) is 2. The lowest BCUT2D eigenvalue weighted by atomic mass is 9.83. The number of likely N-dealkylation sites (tertiary alicyclic amines) is 1. The lowest BCUT2D eigenvalue weighted by Crippen LogP contribution is -2.54. The Labute approximate surface area is 699 Å². The standard InChI is InChI=1S/C84H134N12O21S/c1-16-53(8)76(67(114-14)44-72(104)96-38-24-28-63(96)78(115-15)56(11)64(98)41-54(9)77(107)58-25-19-17-20-26-58)94(12)82(111)61(50(2)3)43-66(100)75(52(6)7)95(13)84(113)117-48-57-30-32-60(33-31-57)91-79(108)59(27-23-36-89-83(86)112)42-65(99)74(51(4)5)93-69(101)29-21-18-22-35-88-81(110)68(45-73(105)106)118-49-62(80(109)90-47-55(10)97)92-70(102)34-39-116-40-37-87-71(103)46-85/h17,19-20,25-26,30-33,50-54,56,59,61-63,67-68,74-78,107H,16,18,21-24,27-29,34-49,85H2,1-15H3,(H,87,103)(H,88,110)(H,90,109)(H,91,108)(H,92,102)(H,93,101)(H,105,106)(H3,86,89,112)/t53-,54-,56-,59?,61?,62?,63-,67+,68?,74-,75+,76?,77+,78?/m0/s1. The molecule has 14 atom stereocenters. The molecule has 662 valence electrons. The number of benzene rings is 2. The number of carboxylic acids is 1. The molecule has 33 nitrogen and oxygen atoms in total. The van der Waals surface area contributed by atoms with Gasteiger partial charge in [0.1, 0.15) is 24.2 Å². The zero-order valence-corrected chi connectivity index (χ0v) is 72.6. The van der Waals surface area contributed by atoms with Crippen LogP contribution in [0.15, 0.2) is 54.6 Å². The van der Waals surface area contributed by atoms with Crippen LogP contribution in [0, 0.1) is 47.3 Å². The van der Waals surface area contributed by atoms with E-state index in [1.165, 1.54) is 33.1 Å². The van der Waals surface area contributed by atoms with Crippen LogP contribution < -0.4 is 48.7 Å². The molecule has 1 aliphatic rings. The molecular weight excluding hydrogens is 1550 g/mol. The smallest absolute Gasteiger partial charge is 0.410 e. The third kappa shape index (κ3) is 35.9. The second kappa shape index (κ2) is 54.3. The van der Waals surface area contributed by atoms with Crippen molar-refractivity contribution in [2.45, 2.75) is 233 Å². The van der Waals surface area contributed by atoms with E-state index in [1.807, 2.05) is 65.0 Å². The third-order valence-corrected chi connectivity index (χ3v) is 22.7. The summed E-state index contributed by atoms with van der Waals surface area (Å²) >= 11 is 0.818. The fraction of sp³-hybridized carbons (Fsp3) is 0.679. The Morgan fingerprint density at radius 2 is 1.31 bits per heavy atom. The normalized spacial score (nSPS) is 16.0. The monoisotopic (exact) mass is 1680 g/mol. The topological polar surface area (TPSA) is 479 Å². The van der Waals surface area contributed by atoms with Crippen LogP contribution in [0.5, 0.6) is 0 Å². The maximum Gasteiger partial charge on any atom is 0.410 e. The van der Waals surface area contributed by atoms with Crippen molar-refractivity contribution in [3.8, 4) is 0 Å². The fourth-order valence-corrected chi connectivity index (χ4v) is 15.6. The molecule has 1 fully saturated rings. The van der Waals surface area contributed by atoms with E-state index in [-0.39, 0.29) is 162 Å². The van der Waals surface area contributed by atoms with E-state index in [1.54, 1.807) is 75.7 Å². The van der Waals surface area contributed by atoms with Gasteiger partial charge in [0.15, 0.2) is 11.6 Å². The number of rotatable bonds is 58. The first-order chi connectivity index (χ1) is 55.8. The number of hydrogen-bond donors (Lipinski definition) is 11. The molecular formula is C84H134N12O21S. The van der Waals surface area contributed by atoms with E-state index in [0.717, 1.165) is 17.3 Å². The molecule has 2 aromatic rings. The molecule has 0 spiro atoms. The van der Waals surface area contributed by atoms with Crippen molar-refractivity contribution in [2.75, 3.05) is 91.9 Å². The predicted molar refractivity (Wildman–Crippen MR) is 446 cm³/mol. The van der Waals surface area contributed by atoms with Crippen molar-refractivity contribution in [3.05, 3.63) is 65.7 Å². The van der Waals surface area contributed by atoms with Crippen LogP contribution in [-0.4, -0.2) is 248 Å². The Kier molecular flexibility index (Phi) is 47.5. The minimum atomic E-state index is -1.30. The average molecular weight is 1680 g/mol. The second-order valence-electron chi connectivity index (χ2n) is 31.7. The molecule has 118 heavy (non-hydrogen) atoms. The van der Waals surface area contributed by atoms with Crippen molar-refractivity contribution in [2.24, 2.45) is 58.8 Å². The number of urea groups is 1. The van der Waals surface area contributed by atoms with Crippen molar-refractivity contribution in [3.63, 3.8) is 0 Å². The number of methoxy groups -OCH3 is 2. The summed E-state index contributed by atoms with van der Waals surface area (Å²) in [7, 11) is 6.18. The van der Waals surface area contributed by atoms with Gasteiger partial charge in [-0.25, -0.2) is 9.59 Å². The van der Waals surface area contributed by atoms with Gasteiger partial charge in [-0.15, -0.1) is 11.8 Å². The number of primary amides is 1. The number of aliphatic carboxylic acids is 1. The number of nitrogens with one attached hydrogen (secondary N) is 7. The van der Waals surface area contributed by atoms with Crippen LogP contribution >= 0.6 is 11.8 Å². The van der Waals surface area contributed by atoms with Gasteiger partial charge >= 0.3 is 18.1 Å². The SMILES string of the molecule is CC[C@H](C)C([C@@H](CC(=O)N1CCC[C@H]1C(OC)[C@@H](C)C(=O)C[C@H](C)[C@@H](O)c1ccccc1)OC)N(C)C(=O)C(CC(=O)[C@@H](C(C)C)N(C)C(=O)OCc1ccc(NC(=O)C(CCCNC(N)=O)CC(=O)[C@@H](NC(=O)CCCCCNC(=O)C(CC(=O)O)SCC(NC(=O)CCOCCNC(=O)CN)C(=O)NCC(C)=O)C(C)C)cc1)C(C)C. The quantitative estimate of drug-likeness (QED) is 0.0349. The van der Waals surface area contributed by atoms with Gasteiger partial charge in [0.2, 0.25) is 47.3 Å². The summed E-state index contributed by atoms with van der Waals surface area (Å²) in [5.74, 6) is -10.7. The van der Waals surface area contributed by atoms with Crippen LogP contribution in [-0.2, 0) is 87.9 Å². The van der Waals surface area contributed by atoms with Crippen LogP contribution in [0.25, 0.3) is 0 Å². The number of anilines is 1. The summed E-state index contributed by atoms with van der Waals surface area (Å²) in [6.45, 7) is 19.7. The number of carbonyl (C=O) groups is 15. The lowest BCUT2D eigenvalue weighted by Gasteiger charge is -2.41. The van der Waals surface area contributed by atoms with Crippen molar-refractivity contribution < 1.29 is 101 Å². The number of unbranched alkanes of at least 4 members (excludes halogenated alkanes) is 2. The van der Waals surface area contributed by atoms with Crippen LogP contribution in [0.2, 0.25) is 0 Å². The molecule has 34 heteroatoms. The number of hydrogen-bond acceptors (Lipinski definition) is 22. The highest BCUT2D eigenvalue weighted by Gasteiger charge is 2.44. The first kappa shape index (κ1) is 103. The number of carbonyl (C=O) groups excluding carboxylic acids is 14. The number of nitrogens with two attached hydrogens (primary N) is 2. The van der Waals surface area contributed by atoms with Gasteiger partial charge in [0.05, 0.1) is 86.9 Å². The van der Waals surface area contributed by atoms with Gasteiger partial charge in [-0.05, 0) is 98.3 Å². The Morgan fingerprint density at radius 3 is 1.91 bits per heavy atom. The molecule has 11 amide bonds. The molecule has 0 aromatic heterocycles. The largest absolute Gasteiger partial charge is 0.481 e. The lowest BCUT2D eigenvalue weighted by molar-refractivity contribution is -0.149. The number of ether oxygens (including phenoxy) is 4. The van der Waals surface area contributed by atoms with Gasteiger partial charge < -0.3 is 92.5 Å². The fourth-order valence-electron chi connectivity index (χ4n) is 14.5. The highest BCUT2D eigenvalue weighted by atomic mass is 32.2. The zero-order chi connectivity index (χ0) is 88.5. The van der Waals surface area contributed by atoms with Crippen molar-refractivity contribution in [1.29, 1.82) is 0 Å². The second-order valence-corrected chi connectivity index (χ2v) is 33.0. The molecule has 1 saturated heterocycles. The van der Waals surface area contributed by atoms with E-state index in [0.29, 0.717) is 56.3 Å². The Morgan fingerprint density at radius 1 is 0.653 bits per heavy atom. The van der Waals surface area contributed by atoms with Gasteiger partial charge in [-0.3, -0.25) is 62.3 Å². The number of ketones is 4. The summed E-state index contributed by atoms with van der Waals surface area (Å²) in [6.07, 6.45) is -0.831. The Balaban J connectivity index is 1.63. The summed E-state index contributed by atoms with van der Waals surface area (Å²) in [5.41, 5.74) is 12.1. The molecule has 1 heterocycles. The van der Waals surface area contributed by atoms with Crippen LogP contribution in [0.3, 0.4) is 0 Å². The van der Waals surface area contributed by atoms with E-state index >= 15 is 0 Å².